The SMILES string of the molecule is Cc1c(C(=O)N2c3ccc(F)cc3CCC2C)oc2c1/C(=N/NC(=O)c1ccc(Cl)c([N+](=O)[O-])c1)CCC2. The van der Waals surface area contributed by atoms with Gasteiger partial charge in [0.2, 0.25) is 0 Å². The Kier molecular flexibility index (Phi) is 6.75. The maximum atomic E-state index is 13.8. The number of nitrogens with one attached hydrogen (secondary N) is 1. The van der Waals surface area contributed by atoms with Crippen LogP contribution >= 0.6 is 11.6 Å². The number of furan rings is 1. The Morgan fingerprint density at radius 3 is 2.76 bits per heavy atom. The molecule has 1 atom stereocenters. The van der Waals surface area contributed by atoms with Crippen molar-refractivity contribution >= 4 is 40.5 Å². The first-order valence-corrected chi connectivity index (χ1v) is 12.6. The van der Waals surface area contributed by atoms with Gasteiger partial charge in [0.1, 0.15) is 16.6 Å². The zero-order valence-electron chi connectivity index (χ0n) is 20.7. The Bertz CT molecular complexity index is 1520. The molecular formula is C27H24ClFN4O5. The molecule has 1 aliphatic heterocycles. The lowest BCUT2D eigenvalue weighted by atomic mass is 9.92. The van der Waals surface area contributed by atoms with Crippen LogP contribution in [-0.2, 0) is 12.8 Å². The number of hydrazone groups is 1. The van der Waals surface area contributed by atoms with Crippen molar-refractivity contribution in [3.63, 3.8) is 0 Å². The average molecular weight is 539 g/mol. The summed E-state index contributed by atoms with van der Waals surface area (Å²) in [5.74, 6) is -0.488. The van der Waals surface area contributed by atoms with Gasteiger partial charge in [-0.25, -0.2) is 9.82 Å². The van der Waals surface area contributed by atoms with Gasteiger partial charge >= 0.3 is 0 Å². The minimum atomic E-state index is -0.663. The van der Waals surface area contributed by atoms with Gasteiger partial charge in [-0.15, -0.1) is 0 Å². The largest absolute Gasteiger partial charge is 0.455 e. The monoisotopic (exact) mass is 538 g/mol. The van der Waals surface area contributed by atoms with Crippen LogP contribution in [0.2, 0.25) is 5.02 Å². The van der Waals surface area contributed by atoms with Crippen molar-refractivity contribution < 1.29 is 23.3 Å². The zero-order chi connectivity index (χ0) is 27.1. The molecule has 0 fully saturated rings. The van der Waals surface area contributed by atoms with Gasteiger partial charge < -0.3 is 9.32 Å². The number of hydrogen-bond donors (Lipinski definition) is 1. The topological polar surface area (TPSA) is 118 Å². The summed E-state index contributed by atoms with van der Waals surface area (Å²) in [6.07, 6.45) is 3.24. The van der Waals surface area contributed by atoms with E-state index in [-0.39, 0.29) is 39.8 Å². The molecule has 0 saturated heterocycles. The molecule has 11 heteroatoms. The maximum Gasteiger partial charge on any atom is 0.294 e. The highest BCUT2D eigenvalue weighted by molar-refractivity contribution is 6.32. The third kappa shape index (κ3) is 4.56. The van der Waals surface area contributed by atoms with Gasteiger partial charge in [0.05, 0.1) is 10.6 Å². The first-order valence-electron chi connectivity index (χ1n) is 12.2. The van der Waals surface area contributed by atoms with Crippen LogP contribution in [0, 0.1) is 22.9 Å². The number of rotatable bonds is 4. The number of aryl methyl sites for hydroxylation is 2. The molecule has 1 N–H and O–H groups in total. The normalized spacial score (nSPS) is 17.6. The number of halogens is 2. The standard InChI is InChI=1S/C27H24ClFN4O5/c1-14-6-7-16-12-18(29)9-11-21(16)32(14)27(35)25-15(2)24-20(4-3-5-23(24)38-25)30-31-26(34)17-8-10-19(28)22(13-17)33(36)37/h8-14H,3-7H2,1-2H3,(H,31,34)/b30-20+. The van der Waals surface area contributed by atoms with Gasteiger partial charge in [-0.1, -0.05) is 11.6 Å². The smallest absolute Gasteiger partial charge is 0.294 e. The van der Waals surface area contributed by atoms with E-state index in [1.165, 1.54) is 24.3 Å². The number of nitro benzene ring substituents is 1. The maximum absolute atomic E-state index is 13.8. The number of nitro groups is 1. The van der Waals surface area contributed by atoms with Gasteiger partial charge in [0.25, 0.3) is 17.5 Å². The third-order valence-electron chi connectivity index (χ3n) is 7.01. The first-order chi connectivity index (χ1) is 18.2. The molecule has 0 bridgehead atoms. The first kappa shape index (κ1) is 25.6. The molecule has 1 aromatic heterocycles. The Hall–Kier alpha value is -4.05. The fourth-order valence-electron chi connectivity index (χ4n) is 5.10. The highest BCUT2D eigenvalue weighted by Gasteiger charge is 2.35. The van der Waals surface area contributed by atoms with E-state index >= 15 is 0 Å². The number of hydrogen-bond acceptors (Lipinski definition) is 6. The second-order valence-electron chi connectivity index (χ2n) is 9.47. The van der Waals surface area contributed by atoms with E-state index in [4.69, 9.17) is 16.0 Å². The summed E-state index contributed by atoms with van der Waals surface area (Å²) in [5.41, 5.74) is 5.40. The summed E-state index contributed by atoms with van der Waals surface area (Å²) in [5, 5.41) is 15.4. The Balaban J connectivity index is 1.44. The van der Waals surface area contributed by atoms with Crippen molar-refractivity contribution in [2.45, 2.75) is 52.0 Å². The quantitative estimate of drug-likeness (QED) is 0.335. The minimum Gasteiger partial charge on any atom is -0.455 e. The van der Waals surface area contributed by atoms with Crippen molar-refractivity contribution in [3.8, 4) is 0 Å². The Labute approximate surface area is 222 Å². The van der Waals surface area contributed by atoms with Gasteiger partial charge in [0, 0.05) is 40.9 Å². The van der Waals surface area contributed by atoms with Gasteiger partial charge in [-0.3, -0.25) is 19.7 Å². The molecule has 1 aliphatic carbocycles. The summed E-state index contributed by atoms with van der Waals surface area (Å²) in [6.45, 7) is 3.73. The minimum absolute atomic E-state index is 0.0375. The van der Waals surface area contributed by atoms with E-state index in [1.54, 1.807) is 17.9 Å². The van der Waals surface area contributed by atoms with Crippen LogP contribution < -0.4 is 10.3 Å². The molecule has 0 saturated carbocycles. The lowest BCUT2D eigenvalue weighted by molar-refractivity contribution is -0.384. The molecule has 2 amide bonds. The van der Waals surface area contributed by atoms with Crippen LogP contribution in [0.5, 0.6) is 0 Å². The van der Waals surface area contributed by atoms with Gasteiger partial charge in [-0.2, -0.15) is 5.10 Å². The summed E-state index contributed by atoms with van der Waals surface area (Å²) < 4.78 is 19.9. The van der Waals surface area contributed by atoms with Crippen LogP contribution in [0.1, 0.15) is 69.5 Å². The number of nitrogens with zero attached hydrogens (tertiary/aromatic N) is 3. The lowest BCUT2D eigenvalue weighted by Crippen LogP contribution is -2.42. The molecule has 3 aromatic rings. The summed E-state index contributed by atoms with van der Waals surface area (Å²) in [4.78, 5) is 38.6. The lowest BCUT2D eigenvalue weighted by Gasteiger charge is -2.34. The molecular weight excluding hydrogens is 515 g/mol. The summed E-state index contributed by atoms with van der Waals surface area (Å²) in [7, 11) is 0. The van der Waals surface area contributed by atoms with E-state index in [2.05, 4.69) is 10.5 Å². The average Bonchev–Trinajstić information content (AvgIpc) is 3.24. The fraction of sp³-hybridized carbons (Fsp3) is 0.296. The second-order valence-corrected chi connectivity index (χ2v) is 9.87. The molecule has 2 heterocycles. The second kappa shape index (κ2) is 10.0. The molecule has 2 aliphatic rings. The summed E-state index contributed by atoms with van der Waals surface area (Å²) in [6, 6.07) is 8.09. The number of benzene rings is 2. The van der Waals surface area contributed by atoms with Crippen molar-refractivity contribution in [2.75, 3.05) is 4.90 Å². The molecule has 38 heavy (non-hydrogen) atoms. The highest BCUT2D eigenvalue weighted by atomic mass is 35.5. The van der Waals surface area contributed by atoms with Gasteiger partial charge in [0.15, 0.2) is 5.76 Å². The van der Waals surface area contributed by atoms with Gasteiger partial charge in [-0.05, 0) is 75.4 Å². The number of carbonyl (C=O) groups excluding carboxylic acids is 2. The predicted octanol–water partition coefficient (Wildman–Crippen LogP) is 5.74. The van der Waals surface area contributed by atoms with Crippen molar-refractivity contribution in [1.29, 1.82) is 0 Å². The van der Waals surface area contributed by atoms with Crippen LogP contribution in [0.25, 0.3) is 0 Å². The molecule has 0 radical (unpaired) electrons. The van der Waals surface area contributed by atoms with Crippen LogP contribution in [0.4, 0.5) is 15.8 Å². The van der Waals surface area contributed by atoms with E-state index in [9.17, 15) is 24.1 Å². The highest BCUT2D eigenvalue weighted by Crippen LogP contribution is 2.36. The number of anilines is 1. The predicted molar refractivity (Wildman–Crippen MR) is 139 cm³/mol. The Morgan fingerprint density at radius 2 is 2.00 bits per heavy atom. The van der Waals surface area contributed by atoms with E-state index in [0.29, 0.717) is 60.4 Å². The molecule has 0 spiro atoms. The number of fused-ring (bicyclic) bond motifs is 2. The molecule has 196 valence electrons. The van der Waals surface area contributed by atoms with Crippen LogP contribution in [-0.4, -0.2) is 28.5 Å². The number of amides is 2. The molecule has 5 rings (SSSR count). The van der Waals surface area contributed by atoms with Crippen LogP contribution in [0.15, 0.2) is 45.9 Å². The van der Waals surface area contributed by atoms with E-state index in [1.807, 2.05) is 6.92 Å². The zero-order valence-corrected chi connectivity index (χ0v) is 21.5. The van der Waals surface area contributed by atoms with Crippen molar-refractivity contribution in [3.05, 3.63) is 91.1 Å². The molecule has 2 aromatic carbocycles. The van der Waals surface area contributed by atoms with Crippen molar-refractivity contribution in [1.82, 2.24) is 5.43 Å². The summed E-state index contributed by atoms with van der Waals surface area (Å²) >= 11 is 5.84. The third-order valence-corrected chi connectivity index (χ3v) is 7.33. The molecule has 9 nitrogen and oxygen atoms in total. The van der Waals surface area contributed by atoms with Crippen molar-refractivity contribution in [2.24, 2.45) is 5.10 Å². The Morgan fingerprint density at radius 1 is 1.21 bits per heavy atom. The van der Waals surface area contributed by atoms with E-state index in [0.717, 1.165) is 11.6 Å². The molecule has 1 unspecified atom stereocenters. The van der Waals surface area contributed by atoms with Crippen LogP contribution in [0.3, 0.4) is 0 Å². The van der Waals surface area contributed by atoms with E-state index < -0.39 is 10.8 Å². The fourth-order valence-corrected chi connectivity index (χ4v) is 5.29. The number of carbonyl (C=O) groups is 2.